The van der Waals surface area contributed by atoms with Gasteiger partial charge in [-0.15, -0.1) is 11.3 Å². The SMILES string of the molecule is O/N=C1\[C@H]2CC[C@@H](C2)[C@H]1Nc1nccs1. The molecule has 1 heterocycles. The molecular formula is C10H13N3OS. The molecule has 80 valence electrons. The van der Waals surface area contributed by atoms with Crippen LogP contribution in [0, 0.1) is 11.8 Å². The van der Waals surface area contributed by atoms with Gasteiger partial charge in [0.25, 0.3) is 0 Å². The summed E-state index contributed by atoms with van der Waals surface area (Å²) < 4.78 is 0. The largest absolute Gasteiger partial charge is 0.411 e. The third kappa shape index (κ3) is 1.42. The summed E-state index contributed by atoms with van der Waals surface area (Å²) >= 11 is 1.59. The molecule has 5 heteroatoms. The van der Waals surface area contributed by atoms with Gasteiger partial charge in [0.2, 0.25) is 0 Å². The predicted octanol–water partition coefficient (Wildman–Crippen LogP) is 2.18. The van der Waals surface area contributed by atoms with Crippen LogP contribution in [0.15, 0.2) is 16.7 Å². The monoisotopic (exact) mass is 223 g/mol. The van der Waals surface area contributed by atoms with E-state index in [0.29, 0.717) is 11.8 Å². The number of thiazole rings is 1. The first-order valence-electron chi connectivity index (χ1n) is 5.26. The van der Waals surface area contributed by atoms with Crippen LogP contribution >= 0.6 is 11.3 Å². The number of nitrogens with zero attached hydrogens (tertiary/aromatic N) is 2. The average Bonchev–Trinajstić information content (AvgIpc) is 2.91. The lowest BCUT2D eigenvalue weighted by Gasteiger charge is -2.23. The van der Waals surface area contributed by atoms with Crippen LogP contribution in [-0.2, 0) is 0 Å². The van der Waals surface area contributed by atoms with E-state index in [1.165, 1.54) is 19.3 Å². The Balaban J connectivity index is 1.81. The van der Waals surface area contributed by atoms with E-state index in [-0.39, 0.29) is 6.04 Å². The molecule has 2 saturated carbocycles. The van der Waals surface area contributed by atoms with E-state index in [4.69, 9.17) is 5.21 Å². The number of anilines is 1. The first-order valence-corrected chi connectivity index (χ1v) is 6.14. The summed E-state index contributed by atoms with van der Waals surface area (Å²) in [5.74, 6) is 1.13. The Morgan fingerprint density at radius 3 is 3.20 bits per heavy atom. The van der Waals surface area contributed by atoms with Crippen molar-refractivity contribution < 1.29 is 5.21 Å². The van der Waals surface area contributed by atoms with Crippen molar-refractivity contribution in [2.24, 2.45) is 17.0 Å². The van der Waals surface area contributed by atoms with Gasteiger partial charge >= 0.3 is 0 Å². The molecule has 15 heavy (non-hydrogen) atoms. The molecule has 2 bridgehead atoms. The maximum Gasteiger partial charge on any atom is 0.183 e. The molecule has 0 radical (unpaired) electrons. The van der Waals surface area contributed by atoms with E-state index >= 15 is 0 Å². The standard InChI is InChI=1S/C10H13N3OS/c14-13-9-7-2-1-6(5-7)8(9)12-10-11-3-4-15-10/h3-4,6-8,14H,1-2,5H2,(H,11,12)/b13-9+/t6-,7-,8+/m0/s1. The van der Waals surface area contributed by atoms with Crippen LogP contribution in [0.2, 0.25) is 0 Å². The molecular weight excluding hydrogens is 210 g/mol. The number of aromatic nitrogens is 1. The minimum Gasteiger partial charge on any atom is -0.411 e. The van der Waals surface area contributed by atoms with Crippen molar-refractivity contribution >= 4 is 22.2 Å². The zero-order chi connectivity index (χ0) is 10.3. The highest BCUT2D eigenvalue weighted by Gasteiger charge is 2.45. The maximum atomic E-state index is 9.02. The zero-order valence-corrected chi connectivity index (χ0v) is 9.07. The van der Waals surface area contributed by atoms with Crippen LogP contribution < -0.4 is 5.32 Å². The zero-order valence-electron chi connectivity index (χ0n) is 8.26. The number of hydrogen-bond donors (Lipinski definition) is 2. The predicted molar refractivity (Wildman–Crippen MR) is 59.6 cm³/mol. The van der Waals surface area contributed by atoms with Crippen molar-refractivity contribution in [3.05, 3.63) is 11.6 Å². The van der Waals surface area contributed by atoms with E-state index in [1.54, 1.807) is 17.5 Å². The fraction of sp³-hybridized carbons (Fsp3) is 0.600. The van der Waals surface area contributed by atoms with Crippen molar-refractivity contribution in [1.29, 1.82) is 0 Å². The van der Waals surface area contributed by atoms with Gasteiger partial charge in [-0.2, -0.15) is 0 Å². The lowest BCUT2D eigenvalue weighted by Crippen LogP contribution is -2.35. The van der Waals surface area contributed by atoms with Gasteiger partial charge in [-0.25, -0.2) is 4.98 Å². The molecule has 2 aliphatic carbocycles. The number of oxime groups is 1. The molecule has 0 unspecified atom stereocenters. The molecule has 0 amide bonds. The first-order chi connectivity index (χ1) is 7.38. The summed E-state index contributed by atoms with van der Waals surface area (Å²) in [6, 6.07) is 0.208. The van der Waals surface area contributed by atoms with Crippen molar-refractivity contribution in [1.82, 2.24) is 4.98 Å². The highest BCUT2D eigenvalue weighted by atomic mass is 32.1. The number of hydrogen-bond acceptors (Lipinski definition) is 5. The topological polar surface area (TPSA) is 57.5 Å². The van der Waals surface area contributed by atoms with Crippen LogP contribution in [0.1, 0.15) is 19.3 Å². The summed E-state index contributed by atoms with van der Waals surface area (Å²) in [5.41, 5.74) is 0.932. The third-order valence-electron chi connectivity index (χ3n) is 3.51. The molecule has 0 saturated heterocycles. The Bertz CT molecular complexity index is 376. The van der Waals surface area contributed by atoms with Gasteiger partial charge < -0.3 is 10.5 Å². The van der Waals surface area contributed by atoms with Crippen LogP contribution in [-0.4, -0.2) is 21.9 Å². The summed E-state index contributed by atoms with van der Waals surface area (Å²) in [4.78, 5) is 4.20. The Morgan fingerprint density at radius 2 is 2.47 bits per heavy atom. The van der Waals surface area contributed by atoms with Gasteiger partial charge in [0.15, 0.2) is 5.13 Å². The molecule has 0 spiro atoms. The molecule has 2 aliphatic rings. The van der Waals surface area contributed by atoms with Gasteiger partial charge in [-0.05, 0) is 25.2 Å². The average molecular weight is 223 g/mol. The smallest absolute Gasteiger partial charge is 0.183 e. The molecule has 1 aromatic rings. The minimum absolute atomic E-state index is 0.208. The summed E-state index contributed by atoms with van der Waals surface area (Å²) in [5, 5.41) is 18.7. The summed E-state index contributed by atoms with van der Waals surface area (Å²) in [6.45, 7) is 0. The van der Waals surface area contributed by atoms with Crippen LogP contribution in [0.25, 0.3) is 0 Å². The van der Waals surface area contributed by atoms with Gasteiger partial charge in [-0.3, -0.25) is 0 Å². The van der Waals surface area contributed by atoms with Crippen LogP contribution in [0.4, 0.5) is 5.13 Å². The molecule has 2 fully saturated rings. The van der Waals surface area contributed by atoms with E-state index in [2.05, 4.69) is 15.5 Å². The fourth-order valence-corrected chi connectivity index (χ4v) is 3.41. The van der Waals surface area contributed by atoms with Gasteiger partial charge in [-0.1, -0.05) is 5.16 Å². The first kappa shape index (κ1) is 9.15. The highest BCUT2D eigenvalue weighted by Crippen LogP contribution is 2.44. The van der Waals surface area contributed by atoms with Gasteiger partial charge in [0.1, 0.15) is 0 Å². The molecule has 0 aromatic carbocycles. The van der Waals surface area contributed by atoms with Gasteiger partial charge in [0.05, 0.1) is 11.8 Å². The molecule has 2 N–H and O–H groups in total. The van der Waals surface area contributed by atoms with Crippen molar-refractivity contribution in [3.8, 4) is 0 Å². The molecule has 1 aromatic heterocycles. The molecule has 3 atom stereocenters. The lowest BCUT2D eigenvalue weighted by molar-refractivity contribution is 0.312. The van der Waals surface area contributed by atoms with E-state index < -0.39 is 0 Å². The van der Waals surface area contributed by atoms with Gasteiger partial charge in [0, 0.05) is 17.5 Å². The van der Waals surface area contributed by atoms with Crippen molar-refractivity contribution in [3.63, 3.8) is 0 Å². The maximum absolute atomic E-state index is 9.02. The number of rotatable bonds is 2. The van der Waals surface area contributed by atoms with E-state index in [1.807, 2.05) is 5.38 Å². The van der Waals surface area contributed by atoms with E-state index in [9.17, 15) is 0 Å². The van der Waals surface area contributed by atoms with Crippen molar-refractivity contribution in [2.45, 2.75) is 25.3 Å². The Morgan fingerprint density at radius 1 is 1.53 bits per heavy atom. The summed E-state index contributed by atoms with van der Waals surface area (Å²) in [7, 11) is 0. The lowest BCUT2D eigenvalue weighted by atomic mass is 9.93. The highest BCUT2D eigenvalue weighted by molar-refractivity contribution is 7.13. The quantitative estimate of drug-likeness (QED) is 0.597. The Labute approximate surface area is 92.0 Å². The van der Waals surface area contributed by atoms with E-state index in [0.717, 1.165) is 10.8 Å². The second-order valence-corrected chi connectivity index (χ2v) is 5.15. The Kier molecular flexibility index (Phi) is 2.12. The number of fused-ring (bicyclic) bond motifs is 2. The second-order valence-electron chi connectivity index (χ2n) is 4.25. The minimum atomic E-state index is 0.208. The van der Waals surface area contributed by atoms with Crippen molar-refractivity contribution in [2.75, 3.05) is 5.32 Å². The molecule has 3 rings (SSSR count). The normalized spacial score (nSPS) is 36.3. The second kappa shape index (κ2) is 3.48. The Hall–Kier alpha value is -1.10. The fourth-order valence-electron chi connectivity index (χ4n) is 2.85. The van der Waals surface area contributed by atoms with Crippen LogP contribution in [0.3, 0.4) is 0 Å². The number of nitrogens with one attached hydrogen (secondary N) is 1. The van der Waals surface area contributed by atoms with Crippen LogP contribution in [0.5, 0.6) is 0 Å². The summed E-state index contributed by atoms with van der Waals surface area (Å²) in [6.07, 6.45) is 5.38. The molecule has 0 aliphatic heterocycles. The third-order valence-corrected chi connectivity index (χ3v) is 4.21. The molecule has 4 nitrogen and oxygen atoms in total.